The van der Waals surface area contributed by atoms with E-state index in [9.17, 15) is 13.2 Å². The summed E-state index contributed by atoms with van der Waals surface area (Å²) in [5.41, 5.74) is -2.98. The average molecular weight is 384 g/mol. The molecule has 1 rings (SSSR count). The molecule has 120 valence electrons. The fourth-order valence-corrected chi connectivity index (χ4v) is 3.20. The lowest BCUT2D eigenvalue weighted by atomic mass is 9.97. The molecule has 0 aromatic heterocycles. The molecule has 0 heterocycles. The molecule has 1 nitrogen and oxygen atoms in total. The molecule has 0 radical (unpaired) electrons. The number of halogens is 4. The number of benzene rings is 1. The molecule has 1 unspecified atom stereocenters. The van der Waals surface area contributed by atoms with Crippen LogP contribution >= 0.6 is 27.7 Å². The quantitative estimate of drug-likeness (QED) is 0.584. The standard InChI is InChI=1S/C15H21BrF3NS/c1-2-8-20-11-12(7-9-21-15(17,18)19)10-13-5-3-4-6-14(13)16/h3-6,12,20H,2,7-11H2,1H3. The summed E-state index contributed by atoms with van der Waals surface area (Å²) in [4.78, 5) is 0. The van der Waals surface area contributed by atoms with E-state index in [1.165, 1.54) is 0 Å². The number of hydrogen-bond donors (Lipinski definition) is 1. The van der Waals surface area contributed by atoms with Gasteiger partial charge in [0.15, 0.2) is 0 Å². The first kappa shape index (κ1) is 18.8. The second-order valence-electron chi connectivity index (χ2n) is 4.95. The van der Waals surface area contributed by atoms with E-state index in [2.05, 4.69) is 28.2 Å². The first-order chi connectivity index (χ1) is 9.92. The van der Waals surface area contributed by atoms with Crippen LogP contribution in [0.3, 0.4) is 0 Å². The van der Waals surface area contributed by atoms with E-state index in [0.717, 1.165) is 36.0 Å². The van der Waals surface area contributed by atoms with Crippen molar-refractivity contribution in [3.63, 3.8) is 0 Å². The Morgan fingerprint density at radius 2 is 2.00 bits per heavy atom. The van der Waals surface area contributed by atoms with Crippen molar-refractivity contribution in [2.75, 3.05) is 18.8 Å². The van der Waals surface area contributed by atoms with Crippen molar-refractivity contribution in [3.8, 4) is 0 Å². The zero-order valence-electron chi connectivity index (χ0n) is 12.0. The van der Waals surface area contributed by atoms with Gasteiger partial charge in [0.2, 0.25) is 0 Å². The van der Waals surface area contributed by atoms with Gasteiger partial charge in [0.1, 0.15) is 0 Å². The molecule has 0 fully saturated rings. The second-order valence-corrected chi connectivity index (χ2v) is 6.96. The minimum Gasteiger partial charge on any atom is -0.316 e. The Morgan fingerprint density at radius 3 is 2.62 bits per heavy atom. The Hall–Kier alpha value is -0.200. The van der Waals surface area contributed by atoms with Crippen LogP contribution < -0.4 is 5.32 Å². The van der Waals surface area contributed by atoms with Gasteiger partial charge >= 0.3 is 5.51 Å². The molecule has 1 N–H and O–H groups in total. The minimum atomic E-state index is -4.13. The summed E-state index contributed by atoms with van der Waals surface area (Å²) >= 11 is 3.58. The Kier molecular flexibility index (Phi) is 8.74. The zero-order chi connectivity index (χ0) is 15.7. The molecule has 21 heavy (non-hydrogen) atoms. The lowest BCUT2D eigenvalue weighted by molar-refractivity contribution is -0.0328. The Bertz CT molecular complexity index is 412. The van der Waals surface area contributed by atoms with E-state index in [0.29, 0.717) is 6.42 Å². The van der Waals surface area contributed by atoms with Crippen molar-refractivity contribution in [1.82, 2.24) is 5.32 Å². The zero-order valence-corrected chi connectivity index (χ0v) is 14.5. The fourth-order valence-electron chi connectivity index (χ4n) is 2.08. The van der Waals surface area contributed by atoms with Crippen LogP contribution in [0.1, 0.15) is 25.3 Å². The first-order valence-corrected chi connectivity index (χ1v) is 8.85. The predicted octanol–water partition coefficient (Wildman–Crippen LogP) is 5.25. The molecule has 0 spiro atoms. The van der Waals surface area contributed by atoms with Gasteiger partial charge in [-0.05, 0) is 49.9 Å². The largest absolute Gasteiger partial charge is 0.441 e. The van der Waals surface area contributed by atoms with Gasteiger partial charge in [0, 0.05) is 10.2 Å². The molecule has 0 bridgehead atoms. The molecule has 0 aliphatic carbocycles. The van der Waals surface area contributed by atoms with Crippen molar-refractivity contribution < 1.29 is 13.2 Å². The van der Waals surface area contributed by atoms with Gasteiger partial charge in [-0.25, -0.2) is 0 Å². The summed E-state index contributed by atoms with van der Waals surface area (Å²) in [6.07, 6.45) is 2.37. The van der Waals surface area contributed by atoms with E-state index in [1.807, 2.05) is 24.3 Å². The van der Waals surface area contributed by atoms with Crippen LogP contribution in [-0.2, 0) is 6.42 Å². The Labute approximate surface area is 137 Å². The molecular formula is C15H21BrF3NS. The molecular weight excluding hydrogens is 363 g/mol. The van der Waals surface area contributed by atoms with Crippen LogP contribution in [0.4, 0.5) is 13.2 Å². The minimum absolute atomic E-state index is 0.0764. The van der Waals surface area contributed by atoms with Crippen LogP contribution in [0.25, 0.3) is 0 Å². The number of thioether (sulfide) groups is 1. The Morgan fingerprint density at radius 1 is 1.29 bits per heavy atom. The van der Waals surface area contributed by atoms with Gasteiger partial charge in [-0.3, -0.25) is 0 Å². The van der Waals surface area contributed by atoms with E-state index >= 15 is 0 Å². The maximum Gasteiger partial charge on any atom is 0.441 e. The molecule has 1 aromatic carbocycles. The van der Waals surface area contributed by atoms with E-state index < -0.39 is 5.51 Å². The Balaban J connectivity index is 2.53. The lowest BCUT2D eigenvalue weighted by Gasteiger charge is -2.18. The lowest BCUT2D eigenvalue weighted by Crippen LogP contribution is -2.26. The smallest absolute Gasteiger partial charge is 0.316 e. The topological polar surface area (TPSA) is 12.0 Å². The van der Waals surface area contributed by atoms with Gasteiger partial charge in [0.05, 0.1) is 0 Å². The second kappa shape index (κ2) is 9.74. The highest BCUT2D eigenvalue weighted by atomic mass is 79.9. The molecule has 0 amide bonds. The summed E-state index contributed by atoms with van der Waals surface area (Å²) in [7, 11) is 0. The monoisotopic (exact) mass is 383 g/mol. The number of alkyl halides is 3. The highest BCUT2D eigenvalue weighted by Gasteiger charge is 2.28. The van der Waals surface area contributed by atoms with Gasteiger partial charge in [-0.2, -0.15) is 13.2 Å². The van der Waals surface area contributed by atoms with Crippen LogP contribution in [0.15, 0.2) is 28.7 Å². The van der Waals surface area contributed by atoms with Crippen molar-refractivity contribution in [3.05, 3.63) is 34.3 Å². The van der Waals surface area contributed by atoms with Crippen molar-refractivity contribution in [2.45, 2.75) is 31.7 Å². The molecule has 0 saturated carbocycles. The summed E-state index contributed by atoms with van der Waals surface area (Å²) in [5.74, 6) is 0.331. The van der Waals surface area contributed by atoms with Gasteiger partial charge in [-0.1, -0.05) is 52.8 Å². The van der Waals surface area contributed by atoms with Crippen molar-refractivity contribution in [2.24, 2.45) is 5.92 Å². The normalized spacial score (nSPS) is 13.4. The third kappa shape index (κ3) is 8.73. The number of hydrogen-bond acceptors (Lipinski definition) is 2. The van der Waals surface area contributed by atoms with E-state index in [1.54, 1.807) is 0 Å². The highest BCUT2D eigenvalue weighted by molar-refractivity contribution is 9.10. The SMILES string of the molecule is CCCNCC(CCSC(F)(F)F)Cc1ccccc1Br. The molecule has 1 atom stereocenters. The summed E-state index contributed by atoms with van der Waals surface area (Å²) in [6, 6.07) is 7.89. The van der Waals surface area contributed by atoms with Gasteiger partial charge in [-0.15, -0.1) is 0 Å². The predicted molar refractivity (Wildman–Crippen MR) is 87.6 cm³/mol. The van der Waals surface area contributed by atoms with E-state index in [-0.39, 0.29) is 23.4 Å². The summed E-state index contributed by atoms with van der Waals surface area (Å²) in [6.45, 7) is 3.74. The maximum atomic E-state index is 12.2. The van der Waals surface area contributed by atoms with Crippen LogP contribution in [0, 0.1) is 5.92 Å². The molecule has 0 aliphatic rings. The van der Waals surface area contributed by atoms with Gasteiger partial charge < -0.3 is 5.32 Å². The third-order valence-corrected chi connectivity index (χ3v) is 4.66. The maximum absolute atomic E-state index is 12.2. The van der Waals surface area contributed by atoms with Crippen LogP contribution in [0.5, 0.6) is 0 Å². The molecule has 0 saturated heterocycles. The third-order valence-electron chi connectivity index (χ3n) is 3.12. The van der Waals surface area contributed by atoms with E-state index in [4.69, 9.17) is 0 Å². The number of nitrogens with one attached hydrogen (secondary N) is 1. The molecule has 0 aliphatic heterocycles. The van der Waals surface area contributed by atoms with Crippen LogP contribution in [0.2, 0.25) is 0 Å². The van der Waals surface area contributed by atoms with Crippen molar-refractivity contribution >= 4 is 27.7 Å². The molecule has 6 heteroatoms. The number of rotatable bonds is 9. The summed E-state index contributed by atoms with van der Waals surface area (Å²) < 4.78 is 37.8. The highest BCUT2D eigenvalue weighted by Crippen LogP contribution is 2.32. The fraction of sp³-hybridized carbons (Fsp3) is 0.600. The van der Waals surface area contributed by atoms with Crippen molar-refractivity contribution in [1.29, 1.82) is 0 Å². The van der Waals surface area contributed by atoms with Gasteiger partial charge in [0.25, 0.3) is 0 Å². The summed E-state index contributed by atoms with van der Waals surface area (Å²) in [5, 5.41) is 3.32. The molecule has 1 aromatic rings. The van der Waals surface area contributed by atoms with Crippen LogP contribution in [-0.4, -0.2) is 24.4 Å². The first-order valence-electron chi connectivity index (χ1n) is 7.07. The average Bonchev–Trinajstić information content (AvgIpc) is 2.40.